The Morgan fingerprint density at radius 3 is 2.69 bits per heavy atom. The molecule has 2 heterocycles. The highest BCUT2D eigenvalue weighted by Crippen LogP contribution is 2.35. The van der Waals surface area contributed by atoms with E-state index in [9.17, 15) is 23.8 Å². The lowest BCUT2D eigenvalue weighted by molar-refractivity contribution is 0.0120. The van der Waals surface area contributed by atoms with Crippen LogP contribution in [0.5, 0.6) is 0 Å². The first kappa shape index (κ1) is 21.4. The highest BCUT2D eigenvalue weighted by molar-refractivity contribution is 14.1. The number of amides is 1. The first-order valence-corrected chi connectivity index (χ1v) is 9.66. The Morgan fingerprint density at radius 1 is 1.31 bits per heavy atom. The third-order valence-corrected chi connectivity index (χ3v) is 4.97. The van der Waals surface area contributed by atoms with Gasteiger partial charge >= 0.3 is 0 Å². The number of nitrogens with one attached hydrogen (secondary N) is 1. The van der Waals surface area contributed by atoms with Crippen LogP contribution < -0.4 is 5.32 Å². The monoisotopic (exact) mass is 517 g/mol. The van der Waals surface area contributed by atoms with Crippen LogP contribution >= 0.6 is 22.6 Å². The molecule has 154 valence electrons. The number of halogens is 3. The van der Waals surface area contributed by atoms with Gasteiger partial charge in [0.25, 0.3) is 5.91 Å². The number of aromatic nitrogens is 1. The number of likely N-dealkylation sites (N-methyl/N-ethyl adjacent to an activating group) is 1. The lowest BCUT2D eigenvalue weighted by Gasteiger charge is -2.22. The van der Waals surface area contributed by atoms with Crippen LogP contribution in [0.25, 0.3) is 11.0 Å². The molecule has 0 spiro atoms. The van der Waals surface area contributed by atoms with Crippen molar-refractivity contribution in [3.63, 3.8) is 0 Å². The minimum absolute atomic E-state index is 0.0514. The smallest absolute Gasteiger partial charge is 0.291 e. The van der Waals surface area contributed by atoms with Gasteiger partial charge in [0, 0.05) is 23.4 Å². The number of aliphatic hydroxyl groups excluding tert-OH is 2. The summed E-state index contributed by atoms with van der Waals surface area (Å²) in [4.78, 5) is 17.8. The predicted molar refractivity (Wildman–Crippen MR) is 111 cm³/mol. The topological polar surface area (TPSA) is 98.8 Å². The van der Waals surface area contributed by atoms with Gasteiger partial charge in [0.05, 0.1) is 29.5 Å². The van der Waals surface area contributed by atoms with Gasteiger partial charge in [0.1, 0.15) is 11.5 Å². The molecule has 7 nitrogen and oxygen atoms in total. The summed E-state index contributed by atoms with van der Waals surface area (Å²) in [7, 11) is 1.39. The molecule has 0 aliphatic heterocycles. The number of hydrogen-bond donors (Lipinski definition) is 3. The Kier molecular flexibility index (Phi) is 6.34. The normalized spacial score (nSPS) is 13.3. The largest absolute Gasteiger partial charge is 0.445 e. The van der Waals surface area contributed by atoms with Crippen molar-refractivity contribution in [3.8, 4) is 0 Å². The molecule has 0 bridgehead atoms. The Balaban J connectivity index is 2.05. The van der Waals surface area contributed by atoms with Crippen LogP contribution in [0.3, 0.4) is 0 Å². The van der Waals surface area contributed by atoms with Crippen molar-refractivity contribution >= 4 is 50.8 Å². The third-order valence-electron chi connectivity index (χ3n) is 4.30. The fraction of sp³-hybridized carbons (Fsp3) is 0.263. The van der Waals surface area contributed by atoms with Crippen LogP contribution in [-0.4, -0.2) is 51.8 Å². The molecule has 0 aliphatic carbocycles. The summed E-state index contributed by atoms with van der Waals surface area (Å²) in [5.74, 6) is -2.30. The van der Waals surface area contributed by atoms with E-state index < -0.39 is 29.7 Å². The maximum Gasteiger partial charge on any atom is 0.291 e. The molecule has 0 saturated carbocycles. The molecule has 1 amide bonds. The number of nitrogens with zero attached hydrogens (tertiary/aromatic N) is 2. The zero-order chi connectivity index (χ0) is 21.3. The van der Waals surface area contributed by atoms with E-state index >= 15 is 0 Å². The number of carbonyl (C=O) groups is 1. The van der Waals surface area contributed by atoms with Crippen LogP contribution in [0.4, 0.5) is 20.2 Å². The fourth-order valence-electron chi connectivity index (χ4n) is 2.67. The van der Waals surface area contributed by atoms with E-state index in [4.69, 9.17) is 4.42 Å². The number of carbonyl (C=O) groups excluding carboxylic acids is 1. The van der Waals surface area contributed by atoms with E-state index in [1.807, 2.05) is 22.6 Å². The minimum Gasteiger partial charge on any atom is -0.445 e. The summed E-state index contributed by atoms with van der Waals surface area (Å²) < 4.78 is 34.6. The first-order chi connectivity index (χ1) is 13.7. The van der Waals surface area contributed by atoms with Gasteiger partial charge in [-0.25, -0.2) is 8.78 Å². The van der Waals surface area contributed by atoms with Crippen molar-refractivity contribution in [1.29, 1.82) is 0 Å². The molecule has 2 atom stereocenters. The second-order valence-electron chi connectivity index (χ2n) is 6.55. The number of anilines is 2. The maximum atomic E-state index is 14.3. The number of rotatable bonds is 6. The summed E-state index contributed by atoms with van der Waals surface area (Å²) in [5, 5.41) is 22.2. The highest BCUT2D eigenvalue weighted by Gasteiger charge is 2.27. The lowest BCUT2D eigenvalue weighted by Crippen LogP contribution is -2.39. The molecule has 29 heavy (non-hydrogen) atoms. The van der Waals surface area contributed by atoms with Gasteiger partial charge in [0.2, 0.25) is 5.76 Å². The van der Waals surface area contributed by atoms with Crippen molar-refractivity contribution in [2.24, 2.45) is 0 Å². The molecular formula is C19H18F2IN3O4. The molecule has 10 heteroatoms. The second kappa shape index (κ2) is 8.59. The van der Waals surface area contributed by atoms with Crippen LogP contribution in [0.1, 0.15) is 17.5 Å². The second-order valence-corrected chi connectivity index (χ2v) is 7.79. The summed E-state index contributed by atoms with van der Waals surface area (Å²) in [6.07, 6.45) is 0.00445. The number of benzene rings is 1. The Hall–Kier alpha value is -2.31. The predicted octanol–water partition coefficient (Wildman–Crippen LogP) is 3.27. The van der Waals surface area contributed by atoms with Crippen molar-refractivity contribution in [1.82, 2.24) is 9.88 Å². The quantitative estimate of drug-likeness (QED) is 0.435. The minimum atomic E-state index is -1.18. The van der Waals surface area contributed by atoms with E-state index in [1.54, 1.807) is 6.07 Å². The van der Waals surface area contributed by atoms with Crippen molar-refractivity contribution in [2.45, 2.75) is 19.1 Å². The van der Waals surface area contributed by atoms with E-state index in [-0.39, 0.29) is 34.6 Å². The lowest BCUT2D eigenvalue weighted by atomic mass is 10.2. The molecule has 3 aromatic rings. The van der Waals surface area contributed by atoms with Gasteiger partial charge in [-0.1, -0.05) is 0 Å². The number of hydrogen-bond acceptors (Lipinski definition) is 6. The maximum absolute atomic E-state index is 14.3. The van der Waals surface area contributed by atoms with Gasteiger partial charge < -0.3 is 24.8 Å². The number of aliphatic hydroxyl groups is 2. The Labute approximate surface area is 178 Å². The van der Waals surface area contributed by atoms with Gasteiger partial charge in [-0.05, 0) is 47.7 Å². The number of pyridine rings is 1. The molecule has 0 aliphatic rings. The first-order valence-electron chi connectivity index (χ1n) is 8.58. The van der Waals surface area contributed by atoms with Crippen LogP contribution in [-0.2, 0) is 0 Å². The van der Waals surface area contributed by atoms with E-state index in [0.29, 0.717) is 3.57 Å². The molecule has 0 unspecified atom stereocenters. The summed E-state index contributed by atoms with van der Waals surface area (Å²) >= 11 is 1.96. The fourth-order valence-corrected chi connectivity index (χ4v) is 3.12. The summed E-state index contributed by atoms with van der Waals surface area (Å²) in [5.41, 5.74) is -0.0881. The van der Waals surface area contributed by atoms with E-state index in [2.05, 4.69) is 10.3 Å². The van der Waals surface area contributed by atoms with Crippen molar-refractivity contribution in [3.05, 3.63) is 51.6 Å². The molecule has 1 aromatic carbocycles. The Morgan fingerprint density at radius 2 is 2.03 bits per heavy atom. The van der Waals surface area contributed by atoms with E-state index in [1.165, 1.54) is 32.3 Å². The average molecular weight is 517 g/mol. The zero-order valence-corrected chi connectivity index (χ0v) is 17.6. The van der Waals surface area contributed by atoms with Gasteiger partial charge in [-0.15, -0.1) is 0 Å². The molecule has 0 radical (unpaired) electrons. The molecule has 3 N–H and O–H groups in total. The van der Waals surface area contributed by atoms with E-state index in [0.717, 1.165) is 11.1 Å². The van der Waals surface area contributed by atoms with Crippen LogP contribution in [0.15, 0.2) is 35.0 Å². The molecule has 3 rings (SSSR count). The zero-order valence-electron chi connectivity index (χ0n) is 15.5. The molecule has 0 saturated heterocycles. The van der Waals surface area contributed by atoms with Gasteiger partial charge in [-0.3, -0.25) is 9.78 Å². The number of furan rings is 1. The SMILES string of the molecule is C[C@H](O)[C@@H](O)CN(C)C(=O)c1oc2c(F)cncc2c1Nc1ccc(I)cc1F. The molecule has 0 fully saturated rings. The van der Waals surface area contributed by atoms with Gasteiger partial charge in [-0.2, -0.15) is 0 Å². The number of fused-ring (bicyclic) bond motifs is 1. The summed E-state index contributed by atoms with van der Waals surface area (Å²) in [6.45, 7) is 1.20. The van der Waals surface area contributed by atoms with Crippen molar-refractivity contribution < 1.29 is 28.2 Å². The van der Waals surface area contributed by atoms with Gasteiger partial charge in [0.15, 0.2) is 11.4 Å². The third kappa shape index (κ3) is 4.49. The van der Waals surface area contributed by atoms with Crippen molar-refractivity contribution in [2.75, 3.05) is 18.9 Å². The standard InChI is InChI=1S/C19H18F2IN3O4/c1-9(26)15(27)8-25(2)19(28)18-16(11-6-23-7-13(21)17(11)29-18)24-14-4-3-10(22)5-12(14)20/h3-7,9,15,24,26-27H,8H2,1-2H3/t9-,15-/m0/s1. The molecule has 2 aromatic heterocycles. The molecular weight excluding hydrogens is 499 g/mol. The average Bonchev–Trinajstić information content (AvgIpc) is 3.03. The Bertz CT molecular complexity index is 1060. The highest BCUT2D eigenvalue weighted by atomic mass is 127. The summed E-state index contributed by atoms with van der Waals surface area (Å²) in [6, 6.07) is 4.45. The van der Waals surface area contributed by atoms with Crippen LogP contribution in [0.2, 0.25) is 0 Å². The van der Waals surface area contributed by atoms with Crippen LogP contribution in [0, 0.1) is 15.2 Å².